The molecule has 1 N–H and O–H groups in total. The minimum absolute atomic E-state index is 0.0503. The van der Waals surface area contributed by atoms with E-state index in [1.807, 2.05) is 18.2 Å². The van der Waals surface area contributed by atoms with Crippen LogP contribution in [0.15, 0.2) is 48.5 Å². The van der Waals surface area contributed by atoms with Crippen molar-refractivity contribution in [2.75, 3.05) is 13.2 Å². The zero-order valence-electron chi connectivity index (χ0n) is 16.4. The van der Waals surface area contributed by atoms with Gasteiger partial charge in [-0.3, -0.25) is 19.3 Å². The molecule has 0 aromatic heterocycles. The van der Waals surface area contributed by atoms with Gasteiger partial charge in [0, 0.05) is 13.2 Å². The first-order valence-corrected chi connectivity index (χ1v) is 10.0. The van der Waals surface area contributed by atoms with Crippen molar-refractivity contribution in [3.63, 3.8) is 0 Å². The average molecular weight is 392 g/mol. The summed E-state index contributed by atoms with van der Waals surface area (Å²) >= 11 is 0. The summed E-state index contributed by atoms with van der Waals surface area (Å²) in [5, 5.41) is 9.32. The predicted octanol–water partition coefficient (Wildman–Crippen LogP) is 2.57. The number of rotatable bonds is 5. The van der Waals surface area contributed by atoms with Crippen molar-refractivity contribution in [3.8, 4) is 0 Å². The van der Waals surface area contributed by atoms with Crippen LogP contribution in [-0.2, 0) is 11.2 Å². The second kappa shape index (κ2) is 7.79. The topological polar surface area (TPSA) is 77.9 Å². The van der Waals surface area contributed by atoms with Gasteiger partial charge in [-0.2, -0.15) is 0 Å². The molecule has 0 aliphatic carbocycles. The van der Waals surface area contributed by atoms with E-state index in [9.17, 15) is 19.5 Å². The van der Waals surface area contributed by atoms with Crippen LogP contribution in [0, 0.1) is 0 Å². The summed E-state index contributed by atoms with van der Waals surface area (Å²) in [7, 11) is 0. The van der Waals surface area contributed by atoms with Crippen LogP contribution in [0.1, 0.15) is 57.7 Å². The van der Waals surface area contributed by atoms with Crippen molar-refractivity contribution < 1.29 is 19.5 Å². The fourth-order valence-corrected chi connectivity index (χ4v) is 4.42. The molecule has 6 nitrogen and oxygen atoms in total. The number of fused-ring (bicyclic) bond motifs is 2. The monoisotopic (exact) mass is 392 g/mol. The third kappa shape index (κ3) is 3.23. The highest BCUT2D eigenvalue weighted by Gasteiger charge is 2.43. The highest BCUT2D eigenvalue weighted by Crippen LogP contribution is 2.34. The van der Waals surface area contributed by atoms with E-state index in [4.69, 9.17) is 0 Å². The summed E-state index contributed by atoms with van der Waals surface area (Å²) in [5.41, 5.74) is 2.97. The molecule has 2 aromatic rings. The summed E-state index contributed by atoms with van der Waals surface area (Å²) in [6, 6.07) is 13.6. The van der Waals surface area contributed by atoms with Crippen LogP contribution in [0.3, 0.4) is 0 Å². The number of amides is 3. The van der Waals surface area contributed by atoms with Crippen LogP contribution in [0.5, 0.6) is 0 Å². The van der Waals surface area contributed by atoms with E-state index in [0.717, 1.165) is 16.9 Å². The van der Waals surface area contributed by atoms with Crippen LogP contribution in [-0.4, -0.2) is 51.8 Å². The lowest BCUT2D eigenvalue weighted by Gasteiger charge is -2.40. The van der Waals surface area contributed by atoms with E-state index in [1.165, 1.54) is 5.56 Å². The molecule has 0 unspecified atom stereocenters. The number of hydrogen-bond acceptors (Lipinski definition) is 4. The van der Waals surface area contributed by atoms with Crippen LogP contribution in [0.4, 0.5) is 0 Å². The number of nitrogens with zero attached hydrogens (tertiary/aromatic N) is 2. The Morgan fingerprint density at radius 2 is 1.69 bits per heavy atom. The van der Waals surface area contributed by atoms with Crippen LogP contribution in [0.25, 0.3) is 0 Å². The van der Waals surface area contributed by atoms with Gasteiger partial charge in [-0.05, 0) is 49.4 Å². The summed E-state index contributed by atoms with van der Waals surface area (Å²) in [5.74, 6) is -1.08. The molecule has 2 heterocycles. The molecule has 0 radical (unpaired) electrons. The molecular weight excluding hydrogens is 368 g/mol. The Bertz CT molecular complexity index is 936. The number of benzene rings is 2. The van der Waals surface area contributed by atoms with E-state index in [2.05, 4.69) is 6.07 Å². The number of hydrogen-bond donors (Lipinski definition) is 1. The normalized spacial score (nSPS) is 19.2. The van der Waals surface area contributed by atoms with Crippen molar-refractivity contribution in [2.45, 2.75) is 38.3 Å². The highest BCUT2D eigenvalue weighted by atomic mass is 16.3. The SMILES string of the molecule is C[C@@H](C(=O)N1CCc2ccccc2[C@H]1CCCO)N1C(=O)c2ccccc2C1=O. The molecule has 6 heteroatoms. The molecule has 29 heavy (non-hydrogen) atoms. The molecule has 0 saturated carbocycles. The first kappa shape index (κ1) is 19.3. The molecule has 150 valence electrons. The van der Waals surface area contributed by atoms with Crippen molar-refractivity contribution >= 4 is 17.7 Å². The maximum absolute atomic E-state index is 13.4. The van der Waals surface area contributed by atoms with Gasteiger partial charge in [0.15, 0.2) is 0 Å². The Morgan fingerprint density at radius 1 is 1.07 bits per heavy atom. The maximum atomic E-state index is 13.4. The van der Waals surface area contributed by atoms with Gasteiger partial charge in [-0.25, -0.2) is 0 Å². The molecule has 3 amide bonds. The highest BCUT2D eigenvalue weighted by molar-refractivity contribution is 6.22. The van der Waals surface area contributed by atoms with Gasteiger partial charge in [0.05, 0.1) is 17.2 Å². The van der Waals surface area contributed by atoms with Crippen LogP contribution < -0.4 is 0 Å². The number of imide groups is 1. The Morgan fingerprint density at radius 3 is 2.34 bits per heavy atom. The fraction of sp³-hybridized carbons (Fsp3) is 0.348. The zero-order valence-corrected chi connectivity index (χ0v) is 16.4. The molecule has 2 aliphatic rings. The van der Waals surface area contributed by atoms with Gasteiger partial charge in [-0.15, -0.1) is 0 Å². The first-order valence-electron chi connectivity index (χ1n) is 10.0. The number of carbonyl (C=O) groups is 3. The van der Waals surface area contributed by atoms with Crippen molar-refractivity contribution in [1.82, 2.24) is 9.80 Å². The molecule has 4 rings (SSSR count). The molecule has 2 atom stereocenters. The smallest absolute Gasteiger partial charge is 0.262 e. The second-order valence-corrected chi connectivity index (χ2v) is 7.56. The molecule has 0 saturated heterocycles. The zero-order chi connectivity index (χ0) is 20.5. The number of aliphatic hydroxyl groups is 1. The lowest BCUT2D eigenvalue weighted by atomic mass is 9.89. The molecular formula is C23H24N2O4. The minimum atomic E-state index is -0.885. The summed E-state index contributed by atoms with van der Waals surface area (Å²) < 4.78 is 0. The molecule has 2 aromatic carbocycles. The molecule has 0 spiro atoms. The van der Waals surface area contributed by atoms with Gasteiger partial charge in [0.1, 0.15) is 6.04 Å². The average Bonchev–Trinajstić information content (AvgIpc) is 3.01. The fourth-order valence-electron chi connectivity index (χ4n) is 4.42. The number of carbonyl (C=O) groups excluding carboxylic acids is 3. The summed E-state index contributed by atoms with van der Waals surface area (Å²) in [4.78, 5) is 41.9. The van der Waals surface area contributed by atoms with Crippen molar-refractivity contribution in [3.05, 3.63) is 70.8 Å². The van der Waals surface area contributed by atoms with Crippen LogP contribution in [0.2, 0.25) is 0 Å². The molecule has 2 aliphatic heterocycles. The largest absolute Gasteiger partial charge is 0.396 e. The van der Waals surface area contributed by atoms with Crippen LogP contribution >= 0.6 is 0 Å². The standard InChI is InChI=1S/C23H24N2O4/c1-15(25-22(28)18-9-4-5-10-19(18)23(25)29)21(27)24-13-12-16-7-2-3-8-17(16)20(24)11-6-14-26/h2-5,7-10,15,20,26H,6,11-14H2,1H3/t15-,20+/m0/s1. The van der Waals surface area contributed by atoms with Gasteiger partial charge in [-0.1, -0.05) is 36.4 Å². The lowest BCUT2D eigenvalue weighted by Crippen LogP contribution is -2.52. The predicted molar refractivity (Wildman–Crippen MR) is 107 cm³/mol. The van der Waals surface area contributed by atoms with E-state index in [0.29, 0.717) is 30.5 Å². The maximum Gasteiger partial charge on any atom is 0.262 e. The van der Waals surface area contributed by atoms with Crippen molar-refractivity contribution in [2.24, 2.45) is 0 Å². The Kier molecular flexibility index (Phi) is 5.20. The van der Waals surface area contributed by atoms with Gasteiger partial charge in [0.2, 0.25) is 5.91 Å². The van der Waals surface area contributed by atoms with E-state index in [-0.39, 0.29) is 18.6 Å². The van der Waals surface area contributed by atoms with E-state index >= 15 is 0 Å². The van der Waals surface area contributed by atoms with Crippen molar-refractivity contribution in [1.29, 1.82) is 0 Å². The quantitative estimate of drug-likeness (QED) is 0.794. The third-order valence-electron chi connectivity index (χ3n) is 5.90. The summed E-state index contributed by atoms with van der Waals surface area (Å²) in [6.07, 6.45) is 1.94. The van der Waals surface area contributed by atoms with E-state index in [1.54, 1.807) is 36.1 Å². The summed E-state index contributed by atoms with van der Waals surface area (Å²) in [6.45, 7) is 2.20. The Balaban J connectivity index is 1.62. The Labute approximate surface area is 169 Å². The van der Waals surface area contributed by atoms with Gasteiger partial charge in [0.25, 0.3) is 11.8 Å². The van der Waals surface area contributed by atoms with Gasteiger partial charge < -0.3 is 10.0 Å². The third-order valence-corrected chi connectivity index (χ3v) is 5.90. The molecule has 0 fully saturated rings. The Hall–Kier alpha value is -2.99. The minimum Gasteiger partial charge on any atom is -0.396 e. The molecule has 0 bridgehead atoms. The first-order chi connectivity index (χ1) is 14.0. The number of aliphatic hydroxyl groups excluding tert-OH is 1. The van der Waals surface area contributed by atoms with Gasteiger partial charge >= 0.3 is 0 Å². The lowest BCUT2D eigenvalue weighted by molar-refractivity contribution is -0.138. The second-order valence-electron chi connectivity index (χ2n) is 7.56. The van der Waals surface area contributed by atoms with E-state index < -0.39 is 17.9 Å².